The van der Waals surface area contributed by atoms with Crippen LogP contribution in [0.4, 0.5) is 8.78 Å². The van der Waals surface area contributed by atoms with Gasteiger partial charge in [-0.05, 0) is 22.0 Å². The molecule has 0 aliphatic heterocycles. The summed E-state index contributed by atoms with van der Waals surface area (Å²) < 4.78 is 33.5. The Morgan fingerprint density at radius 3 is 2.88 bits per heavy atom. The van der Waals surface area contributed by atoms with Gasteiger partial charge < -0.3 is 9.47 Å². The zero-order chi connectivity index (χ0) is 12.1. The van der Waals surface area contributed by atoms with E-state index >= 15 is 0 Å². The zero-order valence-electron chi connectivity index (χ0n) is 8.25. The third-order valence-corrected chi connectivity index (χ3v) is 1.96. The van der Waals surface area contributed by atoms with Crippen LogP contribution in [0.25, 0.3) is 0 Å². The highest BCUT2D eigenvalue weighted by atomic mass is 79.9. The molecular formula is C9H8BrF2NO3. The number of aromatic nitrogens is 1. The fourth-order valence-corrected chi connectivity index (χ4v) is 1.24. The molecule has 0 bridgehead atoms. The Bertz CT molecular complexity index is 387. The SMILES string of the molecule is CC(=O)OCc1ncc(Br)cc1OC(F)F. The molecular weight excluding hydrogens is 288 g/mol. The van der Waals surface area contributed by atoms with Crippen molar-refractivity contribution < 1.29 is 23.0 Å². The zero-order valence-corrected chi connectivity index (χ0v) is 9.83. The molecule has 16 heavy (non-hydrogen) atoms. The lowest BCUT2D eigenvalue weighted by atomic mass is 10.3. The maximum absolute atomic E-state index is 12.1. The predicted octanol–water partition coefficient (Wildman–Crippen LogP) is 2.51. The van der Waals surface area contributed by atoms with Crippen LogP contribution in [-0.2, 0) is 16.1 Å². The molecule has 0 saturated heterocycles. The van der Waals surface area contributed by atoms with Gasteiger partial charge in [-0.25, -0.2) is 0 Å². The van der Waals surface area contributed by atoms with Crippen molar-refractivity contribution in [1.82, 2.24) is 4.98 Å². The number of carbonyl (C=O) groups is 1. The number of nitrogens with zero attached hydrogens (tertiary/aromatic N) is 1. The van der Waals surface area contributed by atoms with Crippen molar-refractivity contribution in [2.75, 3.05) is 0 Å². The van der Waals surface area contributed by atoms with Gasteiger partial charge in [-0.2, -0.15) is 8.78 Å². The van der Waals surface area contributed by atoms with E-state index in [0.717, 1.165) is 0 Å². The Hall–Kier alpha value is -1.24. The van der Waals surface area contributed by atoms with Gasteiger partial charge >= 0.3 is 12.6 Å². The molecule has 0 atom stereocenters. The summed E-state index contributed by atoms with van der Waals surface area (Å²) in [7, 11) is 0. The van der Waals surface area contributed by atoms with Crippen LogP contribution in [0.2, 0.25) is 0 Å². The fraction of sp³-hybridized carbons (Fsp3) is 0.333. The molecule has 0 saturated carbocycles. The van der Waals surface area contributed by atoms with Gasteiger partial charge in [-0.3, -0.25) is 9.78 Å². The molecule has 1 aromatic heterocycles. The lowest BCUT2D eigenvalue weighted by molar-refractivity contribution is -0.142. The van der Waals surface area contributed by atoms with Gasteiger partial charge in [-0.15, -0.1) is 0 Å². The largest absolute Gasteiger partial charge is 0.459 e. The van der Waals surface area contributed by atoms with E-state index < -0.39 is 12.6 Å². The van der Waals surface area contributed by atoms with Crippen LogP contribution in [0, 0.1) is 0 Å². The van der Waals surface area contributed by atoms with E-state index in [-0.39, 0.29) is 18.1 Å². The minimum absolute atomic E-state index is 0.120. The Balaban J connectivity index is 2.84. The van der Waals surface area contributed by atoms with Crippen LogP contribution in [0.1, 0.15) is 12.6 Å². The van der Waals surface area contributed by atoms with Crippen molar-refractivity contribution in [1.29, 1.82) is 0 Å². The Kier molecular flexibility index (Phi) is 4.60. The third-order valence-electron chi connectivity index (χ3n) is 1.53. The highest BCUT2D eigenvalue weighted by Gasteiger charge is 2.12. The maximum Gasteiger partial charge on any atom is 0.387 e. The van der Waals surface area contributed by atoms with Gasteiger partial charge in [0.25, 0.3) is 0 Å². The van der Waals surface area contributed by atoms with Gasteiger partial charge in [0.2, 0.25) is 0 Å². The molecule has 7 heteroatoms. The van der Waals surface area contributed by atoms with E-state index in [2.05, 4.69) is 30.4 Å². The first-order chi connectivity index (χ1) is 7.49. The van der Waals surface area contributed by atoms with Crippen molar-refractivity contribution >= 4 is 21.9 Å². The molecule has 1 aromatic rings. The second-order valence-corrected chi connectivity index (χ2v) is 3.67. The number of pyridine rings is 1. The van der Waals surface area contributed by atoms with E-state index in [4.69, 9.17) is 0 Å². The van der Waals surface area contributed by atoms with Crippen molar-refractivity contribution in [2.24, 2.45) is 0 Å². The summed E-state index contributed by atoms with van der Waals surface area (Å²) >= 11 is 3.07. The molecule has 0 unspecified atom stereocenters. The average Bonchev–Trinajstić information content (AvgIpc) is 2.15. The van der Waals surface area contributed by atoms with Crippen LogP contribution in [-0.4, -0.2) is 17.6 Å². The Labute approximate surface area is 98.7 Å². The molecule has 1 rings (SSSR count). The van der Waals surface area contributed by atoms with Gasteiger partial charge in [0.1, 0.15) is 12.3 Å². The number of esters is 1. The van der Waals surface area contributed by atoms with E-state index in [0.29, 0.717) is 4.47 Å². The number of halogens is 3. The number of ether oxygens (including phenoxy) is 2. The Morgan fingerprint density at radius 2 is 2.31 bits per heavy atom. The summed E-state index contributed by atoms with van der Waals surface area (Å²) in [4.78, 5) is 14.4. The number of hydrogen-bond acceptors (Lipinski definition) is 4. The second-order valence-electron chi connectivity index (χ2n) is 2.76. The molecule has 1 heterocycles. The lowest BCUT2D eigenvalue weighted by Crippen LogP contribution is -2.08. The summed E-state index contributed by atoms with van der Waals surface area (Å²) in [5.74, 6) is -0.640. The summed E-state index contributed by atoms with van der Waals surface area (Å²) in [5.41, 5.74) is 0.138. The number of rotatable bonds is 4. The minimum atomic E-state index is -2.95. The van der Waals surface area contributed by atoms with Crippen molar-refractivity contribution in [2.45, 2.75) is 20.1 Å². The number of carbonyl (C=O) groups excluding carboxylic acids is 1. The lowest BCUT2D eigenvalue weighted by Gasteiger charge is -2.09. The fourth-order valence-electron chi connectivity index (χ4n) is 0.925. The minimum Gasteiger partial charge on any atom is -0.459 e. The van der Waals surface area contributed by atoms with E-state index in [1.165, 1.54) is 19.2 Å². The number of alkyl halides is 2. The highest BCUT2D eigenvalue weighted by Crippen LogP contribution is 2.23. The van der Waals surface area contributed by atoms with E-state index in [1.807, 2.05) is 0 Å². The van der Waals surface area contributed by atoms with Crippen LogP contribution in [0.5, 0.6) is 5.75 Å². The molecule has 0 aromatic carbocycles. The standard InChI is InChI=1S/C9H8BrF2NO3/c1-5(14)15-4-7-8(16-9(11)12)2-6(10)3-13-7/h2-3,9H,4H2,1H3. The van der Waals surface area contributed by atoms with Gasteiger partial charge in [0.15, 0.2) is 5.75 Å². The molecule has 4 nitrogen and oxygen atoms in total. The Morgan fingerprint density at radius 1 is 1.62 bits per heavy atom. The monoisotopic (exact) mass is 295 g/mol. The molecule has 0 aliphatic carbocycles. The topological polar surface area (TPSA) is 48.4 Å². The summed E-state index contributed by atoms with van der Waals surface area (Å²) in [6.07, 6.45) is 1.40. The summed E-state index contributed by atoms with van der Waals surface area (Å²) in [6.45, 7) is -1.94. The normalized spacial score (nSPS) is 10.3. The van der Waals surface area contributed by atoms with Crippen molar-refractivity contribution in [3.05, 3.63) is 22.4 Å². The quantitative estimate of drug-likeness (QED) is 0.801. The molecule has 88 valence electrons. The molecule has 0 spiro atoms. The van der Waals surface area contributed by atoms with Crippen molar-refractivity contribution in [3.8, 4) is 5.75 Å². The first-order valence-corrected chi connectivity index (χ1v) is 5.01. The summed E-state index contributed by atoms with van der Waals surface area (Å²) in [6, 6.07) is 1.33. The number of hydrogen-bond donors (Lipinski definition) is 0. The van der Waals surface area contributed by atoms with Gasteiger partial charge in [0, 0.05) is 17.6 Å². The average molecular weight is 296 g/mol. The van der Waals surface area contributed by atoms with Gasteiger partial charge in [-0.1, -0.05) is 0 Å². The molecule has 0 radical (unpaired) electrons. The van der Waals surface area contributed by atoms with Crippen LogP contribution in [0.15, 0.2) is 16.7 Å². The van der Waals surface area contributed by atoms with Crippen LogP contribution >= 0.6 is 15.9 Å². The summed E-state index contributed by atoms with van der Waals surface area (Å²) in [5, 5.41) is 0. The highest BCUT2D eigenvalue weighted by molar-refractivity contribution is 9.10. The first kappa shape index (κ1) is 12.8. The first-order valence-electron chi connectivity index (χ1n) is 4.21. The molecule has 0 N–H and O–H groups in total. The van der Waals surface area contributed by atoms with E-state index in [1.54, 1.807) is 0 Å². The van der Waals surface area contributed by atoms with Crippen LogP contribution < -0.4 is 4.74 Å². The van der Waals surface area contributed by atoms with Crippen LogP contribution in [0.3, 0.4) is 0 Å². The molecule has 0 aliphatic rings. The molecule has 0 amide bonds. The van der Waals surface area contributed by atoms with Crippen molar-refractivity contribution in [3.63, 3.8) is 0 Å². The smallest absolute Gasteiger partial charge is 0.387 e. The van der Waals surface area contributed by atoms with E-state index in [9.17, 15) is 13.6 Å². The maximum atomic E-state index is 12.1. The second kappa shape index (κ2) is 5.74. The third kappa shape index (κ3) is 4.09. The predicted molar refractivity (Wildman–Crippen MR) is 54.0 cm³/mol. The molecule has 0 fully saturated rings. The van der Waals surface area contributed by atoms with Gasteiger partial charge in [0.05, 0.1) is 0 Å².